The van der Waals surface area contributed by atoms with Gasteiger partial charge in [-0.3, -0.25) is 9.59 Å². The van der Waals surface area contributed by atoms with Gasteiger partial charge < -0.3 is 20.3 Å². The Hall–Kier alpha value is -3.35. The fourth-order valence-corrected chi connectivity index (χ4v) is 3.20. The molecule has 7 nitrogen and oxygen atoms in total. The van der Waals surface area contributed by atoms with Gasteiger partial charge in [-0.2, -0.15) is 0 Å². The lowest BCUT2D eigenvalue weighted by molar-refractivity contribution is -0.138. The average Bonchev–Trinajstić information content (AvgIpc) is 2.71. The maximum Gasteiger partial charge on any atom is 0.408 e. The van der Waals surface area contributed by atoms with Crippen LogP contribution in [0.1, 0.15) is 50.4 Å². The number of carbonyl (C=O) groups is 3. The third kappa shape index (κ3) is 7.11. The zero-order chi connectivity index (χ0) is 23.9. The Balaban J connectivity index is 2.27. The minimum absolute atomic E-state index is 0.275. The Morgan fingerprint density at radius 2 is 1.62 bits per heavy atom. The van der Waals surface area contributed by atoms with Gasteiger partial charge in [0.25, 0.3) is 5.91 Å². The van der Waals surface area contributed by atoms with Gasteiger partial charge in [0, 0.05) is 12.2 Å². The molecule has 2 N–H and O–H groups in total. The number of aryl methyl sites for hydroxylation is 2. The minimum Gasteiger partial charge on any atom is -0.444 e. The predicted molar refractivity (Wildman–Crippen MR) is 125 cm³/mol. The molecule has 172 valence electrons. The van der Waals surface area contributed by atoms with Crippen LogP contribution >= 0.6 is 0 Å². The summed E-state index contributed by atoms with van der Waals surface area (Å²) >= 11 is 0. The Labute approximate surface area is 190 Å². The molecule has 2 aromatic rings. The van der Waals surface area contributed by atoms with E-state index in [1.54, 1.807) is 27.7 Å². The van der Waals surface area contributed by atoms with Crippen molar-refractivity contribution < 1.29 is 19.1 Å². The minimum atomic E-state index is -0.854. The van der Waals surface area contributed by atoms with Crippen molar-refractivity contribution in [1.29, 1.82) is 0 Å². The third-order valence-electron chi connectivity index (χ3n) is 4.80. The first kappa shape index (κ1) is 24.9. The van der Waals surface area contributed by atoms with Gasteiger partial charge in [-0.1, -0.05) is 48.0 Å². The lowest BCUT2D eigenvalue weighted by Gasteiger charge is -2.31. The van der Waals surface area contributed by atoms with Crippen molar-refractivity contribution >= 4 is 23.6 Å². The van der Waals surface area contributed by atoms with Crippen molar-refractivity contribution in [2.75, 3.05) is 18.4 Å². The van der Waals surface area contributed by atoms with E-state index in [1.165, 1.54) is 4.90 Å². The highest BCUT2D eigenvalue weighted by atomic mass is 16.6. The van der Waals surface area contributed by atoms with Gasteiger partial charge in [0.1, 0.15) is 18.2 Å². The second-order valence-corrected chi connectivity index (χ2v) is 8.65. The number of nitrogens with one attached hydrogen (secondary N) is 2. The fraction of sp³-hybridized carbons (Fsp3) is 0.400. The van der Waals surface area contributed by atoms with E-state index in [-0.39, 0.29) is 24.9 Å². The van der Waals surface area contributed by atoms with Crippen LogP contribution < -0.4 is 10.6 Å². The average molecular weight is 440 g/mol. The van der Waals surface area contributed by atoms with E-state index in [2.05, 4.69) is 10.6 Å². The summed E-state index contributed by atoms with van der Waals surface area (Å²) < 4.78 is 5.20. The molecule has 0 aliphatic heterocycles. The molecule has 0 saturated carbocycles. The van der Waals surface area contributed by atoms with Gasteiger partial charge >= 0.3 is 6.09 Å². The van der Waals surface area contributed by atoms with E-state index in [1.807, 2.05) is 62.4 Å². The molecule has 1 atom stereocenters. The summed E-state index contributed by atoms with van der Waals surface area (Å²) in [4.78, 5) is 39.8. The number of likely N-dealkylation sites (N-methyl/N-ethyl adjacent to an activating group) is 1. The van der Waals surface area contributed by atoms with Crippen LogP contribution in [0.15, 0.2) is 48.5 Å². The first-order valence-electron chi connectivity index (χ1n) is 10.7. The van der Waals surface area contributed by atoms with E-state index in [0.717, 1.165) is 11.1 Å². The van der Waals surface area contributed by atoms with Crippen LogP contribution in [0.4, 0.5) is 10.5 Å². The van der Waals surface area contributed by atoms with Gasteiger partial charge in [-0.25, -0.2) is 4.79 Å². The van der Waals surface area contributed by atoms with E-state index in [4.69, 9.17) is 4.74 Å². The number of ether oxygens (including phenoxy) is 1. The molecule has 0 aliphatic rings. The molecule has 0 spiro atoms. The molecule has 0 radical (unpaired) electrons. The zero-order valence-electron chi connectivity index (χ0n) is 19.7. The molecular weight excluding hydrogens is 406 g/mol. The summed E-state index contributed by atoms with van der Waals surface area (Å²) in [7, 11) is 0. The molecule has 3 amide bonds. The first-order valence-corrected chi connectivity index (χ1v) is 10.7. The van der Waals surface area contributed by atoms with Crippen molar-refractivity contribution in [2.45, 2.75) is 53.2 Å². The van der Waals surface area contributed by atoms with Crippen LogP contribution in [0.2, 0.25) is 0 Å². The van der Waals surface area contributed by atoms with Crippen LogP contribution in [-0.4, -0.2) is 41.5 Å². The Bertz CT molecular complexity index is 948. The van der Waals surface area contributed by atoms with Crippen LogP contribution in [0.25, 0.3) is 0 Å². The van der Waals surface area contributed by atoms with Crippen LogP contribution in [0.5, 0.6) is 0 Å². The number of benzene rings is 2. The molecule has 0 heterocycles. The first-order chi connectivity index (χ1) is 15.0. The maximum absolute atomic E-state index is 13.4. The number of carbonyl (C=O) groups excluding carboxylic acids is 3. The van der Waals surface area contributed by atoms with Crippen LogP contribution in [0, 0.1) is 13.8 Å². The number of amides is 3. The topological polar surface area (TPSA) is 87.7 Å². The van der Waals surface area contributed by atoms with Crippen molar-refractivity contribution in [2.24, 2.45) is 0 Å². The molecule has 2 rings (SSSR count). The molecule has 32 heavy (non-hydrogen) atoms. The number of alkyl carbamates (subject to hydrolysis) is 1. The molecule has 0 fully saturated rings. The highest BCUT2D eigenvalue weighted by molar-refractivity contribution is 5.98. The number of hydrogen-bond acceptors (Lipinski definition) is 4. The van der Waals surface area contributed by atoms with E-state index in [9.17, 15) is 14.4 Å². The summed E-state index contributed by atoms with van der Waals surface area (Å²) in [5.41, 5.74) is 2.67. The zero-order valence-corrected chi connectivity index (χ0v) is 19.7. The number of hydrogen-bond donors (Lipinski definition) is 2. The van der Waals surface area contributed by atoms with Gasteiger partial charge in [-0.15, -0.1) is 0 Å². The summed E-state index contributed by atoms with van der Waals surface area (Å²) in [5.74, 6) is -0.709. The molecule has 0 aliphatic carbocycles. The molecule has 2 aromatic carbocycles. The van der Waals surface area contributed by atoms with Gasteiger partial charge in [0.05, 0.1) is 0 Å². The van der Waals surface area contributed by atoms with Crippen LogP contribution in [0.3, 0.4) is 0 Å². The quantitative estimate of drug-likeness (QED) is 0.671. The van der Waals surface area contributed by atoms with Gasteiger partial charge in [-0.05, 0) is 58.7 Å². The van der Waals surface area contributed by atoms with E-state index >= 15 is 0 Å². The molecule has 0 aromatic heterocycles. The standard InChI is InChI=1S/C25H33N3O4/c1-7-28(21(29)16-26-24(31)32-25(4,5)6)22(19-14-12-17(2)13-15-19)23(30)27-20-11-9-8-10-18(20)3/h8-15,22H,7,16H2,1-6H3,(H,26,31)(H,27,30). The van der Waals surface area contributed by atoms with Crippen molar-refractivity contribution in [3.05, 3.63) is 65.2 Å². The van der Waals surface area contributed by atoms with Gasteiger partial charge in [0.2, 0.25) is 5.91 Å². The summed E-state index contributed by atoms with van der Waals surface area (Å²) in [6.07, 6.45) is -0.682. The largest absolute Gasteiger partial charge is 0.444 e. The number of para-hydroxylation sites is 1. The second-order valence-electron chi connectivity index (χ2n) is 8.65. The molecule has 7 heteroatoms. The number of rotatable bonds is 7. The van der Waals surface area contributed by atoms with Crippen molar-refractivity contribution in [3.63, 3.8) is 0 Å². The predicted octanol–water partition coefficient (Wildman–Crippen LogP) is 4.36. The Morgan fingerprint density at radius 1 is 1.00 bits per heavy atom. The lowest BCUT2D eigenvalue weighted by Crippen LogP contribution is -2.46. The fourth-order valence-electron chi connectivity index (χ4n) is 3.20. The monoisotopic (exact) mass is 439 g/mol. The molecular formula is C25H33N3O4. The summed E-state index contributed by atoms with van der Waals surface area (Å²) in [5, 5.41) is 5.43. The maximum atomic E-state index is 13.4. The van der Waals surface area contributed by atoms with E-state index < -0.39 is 17.7 Å². The van der Waals surface area contributed by atoms with E-state index in [0.29, 0.717) is 11.3 Å². The number of anilines is 1. The van der Waals surface area contributed by atoms with Crippen molar-refractivity contribution in [3.8, 4) is 0 Å². The van der Waals surface area contributed by atoms with Crippen molar-refractivity contribution in [1.82, 2.24) is 10.2 Å². The molecule has 0 saturated heterocycles. The third-order valence-corrected chi connectivity index (χ3v) is 4.80. The smallest absolute Gasteiger partial charge is 0.408 e. The Kier molecular flexibility index (Phi) is 8.41. The molecule has 1 unspecified atom stereocenters. The normalized spacial score (nSPS) is 11.9. The highest BCUT2D eigenvalue weighted by Crippen LogP contribution is 2.25. The highest BCUT2D eigenvalue weighted by Gasteiger charge is 2.31. The summed E-state index contributed by atoms with van der Waals surface area (Å²) in [6, 6.07) is 14.1. The lowest BCUT2D eigenvalue weighted by atomic mass is 10.0. The number of nitrogens with zero attached hydrogens (tertiary/aromatic N) is 1. The Morgan fingerprint density at radius 3 is 2.19 bits per heavy atom. The van der Waals surface area contributed by atoms with Crippen LogP contribution in [-0.2, 0) is 14.3 Å². The molecule has 0 bridgehead atoms. The second kappa shape index (κ2) is 10.8. The summed E-state index contributed by atoms with van der Waals surface area (Å²) in [6.45, 7) is 10.9. The SMILES string of the molecule is CCN(C(=O)CNC(=O)OC(C)(C)C)C(C(=O)Nc1ccccc1C)c1ccc(C)cc1. The van der Waals surface area contributed by atoms with Gasteiger partial charge in [0.15, 0.2) is 0 Å².